The molecule has 1 fully saturated rings. The third-order valence-electron chi connectivity index (χ3n) is 4.26. The van der Waals surface area contributed by atoms with Crippen LogP contribution in [0.3, 0.4) is 0 Å². The summed E-state index contributed by atoms with van der Waals surface area (Å²) in [5, 5.41) is 7.65. The lowest BCUT2D eigenvalue weighted by Crippen LogP contribution is -2.29. The number of nitrogens with one attached hydrogen (secondary N) is 1. The summed E-state index contributed by atoms with van der Waals surface area (Å²) in [6, 6.07) is 9.16. The van der Waals surface area contributed by atoms with E-state index in [0.717, 1.165) is 42.7 Å². The van der Waals surface area contributed by atoms with Gasteiger partial charge < -0.3 is 5.32 Å². The first kappa shape index (κ1) is 13.4. The molecule has 4 heterocycles. The van der Waals surface area contributed by atoms with Crippen molar-refractivity contribution in [2.75, 3.05) is 13.1 Å². The highest BCUT2D eigenvalue weighted by molar-refractivity contribution is 5.77. The molecule has 0 saturated carbocycles. The van der Waals surface area contributed by atoms with Crippen molar-refractivity contribution in [2.45, 2.75) is 18.8 Å². The van der Waals surface area contributed by atoms with E-state index in [2.05, 4.69) is 15.4 Å². The van der Waals surface area contributed by atoms with E-state index in [0.29, 0.717) is 5.69 Å². The summed E-state index contributed by atoms with van der Waals surface area (Å²) in [7, 11) is 0. The second-order valence-corrected chi connectivity index (χ2v) is 5.70. The molecule has 0 amide bonds. The zero-order chi connectivity index (χ0) is 14.9. The van der Waals surface area contributed by atoms with Crippen molar-refractivity contribution in [2.24, 2.45) is 0 Å². The third kappa shape index (κ3) is 2.27. The molecule has 1 aliphatic heterocycles. The van der Waals surface area contributed by atoms with Crippen molar-refractivity contribution in [3.8, 4) is 11.3 Å². The lowest BCUT2D eigenvalue weighted by atomic mass is 9.95. The largest absolute Gasteiger partial charge is 0.316 e. The molecule has 1 unspecified atom stereocenters. The molecule has 1 saturated heterocycles. The molecule has 4 nitrogen and oxygen atoms in total. The summed E-state index contributed by atoms with van der Waals surface area (Å²) in [6.45, 7) is 1.80. The lowest BCUT2D eigenvalue weighted by molar-refractivity contribution is 0.437. The Kier molecular flexibility index (Phi) is 3.35. The summed E-state index contributed by atoms with van der Waals surface area (Å²) >= 11 is 0. The molecule has 0 aliphatic carbocycles. The first-order valence-electron chi connectivity index (χ1n) is 7.63. The van der Waals surface area contributed by atoms with Crippen molar-refractivity contribution in [3.05, 3.63) is 54.2 Å². The highest BCUT2D eigenvalue weighted by Gasteiger charge is 2.21. The van der Waals surface area contributed by atoms with Gasteiger partial charge in [-0.2, -0.15) is 5.10 Å². The van der Waals surface area contributed by atoms with Gasteiger partial charge in [-0.15, -0.1) is 0 Å². The summed E-state index contributed by atoms with van der Waals surface area (Å²) in [4.78, 5) is 4.62. The average Bonchev–Trinajstić information content (AvgIpc) is 3.00. The molecule has 0 radical (unpaired) electrons. The van der Waals surface area contributed by atoms with Gasteiger partial charge in [0, 0.05) is 24.2 Å². The highest BCUT2D eigenvalue weighted by Crippen LogP contribution is 2.28. The van der Waals surface area contributed by atoms with E-state index in [1.54, 1.807) is 12.3 Å². The molecular formula is C17H17FN4. The Morgan fingerprint density at radius 3 is 3.05 bits per heavy atom. The van der Waals surface area contributed by atoms with Gasteiger partial charge in [0.05, 0.1) is 23.1 Å². The van der Waals surface area contributed by atoms with Crippen LogP contribution in [0.15, 0.2) is 42.7 Å². The Hall–Kier alpha value is -2.27. The SMILES string of the molecule is Fc1ccc(-c2cnn3ccccc23)nc1C1CCCNC1. The monoisotopic (exact) mass is 296 g/mol. The van der Waals surface area contributed by atoms with Crippen LogP contribution in [-0.2, 0) is 0 Å². The number of pyridine rings is 2. The molecule has 0 spiro atoms. The van der Waals surface area contributed by atoms with Crippen LogP contribution in [0.25, 0.3) is 16.8 Å². The van der Waals surface area contributed by atoms with Crippen LogP contribution in [0.1, 0.15) is 24.5 Å². The number of fused-ring (bicyclic) bond motifs is 1. The number of nitrogens with zero attached hydrogens (tertiary/aromatic N) is 3. The van der Waals surface area contributed by atoms with Crippen LogP contribution < -0.4 is 5.32 Å². The predicted molar refractivity (Wildman–Crippen MR) is 83.2 cm³/mol. The number of piperidine rings is 1. The second kappa shape index (κ2) is 5.50. The van der Waals surface area contributed by atoms with Gasteiger partial charge in [0.15, 0.2) is 0 Å². The summed E-state index contributed by atoms with van der Waals surface area (Å²) in [5.74, 6) is -0.0653. The minimum Gasteiger partial charge on any atom is -0.316 e. The van der Waals surface area contributed by atoms with Crippen LogP contribution in [-0.4, -0.2) is 27.7 Å². The number of rotatable bonds is 2. The second-order valence-electron chi connectivity index (χ2n) is 5.70. The number of halogens is 1. The van der Waals surface area contributed by atoms with Gasteiger partial charge >= 0.3 is 0 Å². The highest BCUT2D eigenvalue weighted by atomic mass is 19.1. The quantitative estimate of drug-likeness (QED) is 0.790. The van der Waals surface area contributed by atoms with Gasteiger partial charge in [0.1, 0.15) is 5.82 Å². The maximum Gasteiger partial charge on any atom is 0.145 e. The van der Waals surface area contributed by atoms with E-state index < -0.39 is 0 Å². The van der Waals surface area contributed by atoms with E-state index in [9.17, 15) is 4.39 Å². The molecule has 112 valence electrons. The number of hydrogen-bond acceptors (Lipinski definition) is 3. The first-order valence-corrected chi connectivity index (χ1v) is 7.63. The van der Waals surface area contributed by atoms with Crippen molar-refractivity contribution in [1.29, 1.82) is 0 Å². The van der Waals surface area contributed by atoms with Gasteiger partial charge in [-0.05, 0) is 43.7 Å². The molecule has 4 rings (SSSR count). The average molecular weight is 296 g/mol. The molecule has 22 heavy (non-hydrogen) atoms. The standard InChI is InChI=1S/C17H17FN4/c18-14-6-7-15(21-17(14)12-4-3-8-19-10-12)13-11-20-22-9-2-1-5-16(13)22/h1-2,5-7,9,11-12,19H,3-4,8,10H2. The van der Waals surface area contributed by atoms with Gasteiger partial charge in [0.25, 0.3) is 0 Å². The smallest absolute Gasteiger partial charge is 0.145 e. The van der Waals surface area contributed by atoms with E-state index in [4.69, 9.17) is 0 Å². The van der Waals surface area contributed by atoms with Crippen LogP contribution >= 0.6 is 0 Å². The maximum atomic E-state index is 14.2. The normalized spacial score (nSPS) is 18.7. The van der Waals surface area contributed by atoms with Crippen LogP contribution in [0.4, 0.5) is 4.39 Å². The van der Waals surface area contributed by atoms with Crippen molar-refractivity contribution in [1.82, 2.24) is 19.9 Å². The molecule has 0 bridgehead atoms. The Labute approximate surface area is 128 Å². The van der Waals surface area contributed by atoms with Crippen molar-refractivity contribution < 1.29 is 4.39 Å². The molecule has 3 aromatic rings. The molecule has 1 aliphatic rings. The fourth-order valence-corrected chi connectivity index (χ4v) is 3.11. The van der Waals surface area contributed by atoms with Gasteiger partial charge in [-0.25, -0.2) is 13.9 Å². The predicted octanol–water partition coefficient (Wildman–Crippen LogP) is 3.00. The van der Waals surface area contributed by atoms with Gasteiger partial charge in [0.2, 0.25) is 0 Å². The van der Waals surface area contributed by atoms with Crippen LogP contribution in [0.2, 0.25) is 0 Å². The summed E-state index contributed by atoms with van der Waals surface area (Å²) < 4.78 is 16.0. The third-order valence-corrected chi connectivity index (χ3v) is 4.26. The van der Waals surface area contributed by atoms with Crippen LogP contribution in [0, 0.1) is 5.82 Å². The van der Waals surface area contributed by atoms with E-state index in [1.165, 1.54) is 6.07 Å². The van der Waals surface area contributed by atoms with E-state index >= 15 is 0 Å². The number of hydrogen-bond donors (Lipinski definition) is 1. The zero-order valence-corrected chi connectivity index (χ0v) is 12.2. The minimum atomic E-state index is -0.214. The molecule has 1 N–H and O–H groups in total. The van der Waals surface area contributed by atoms with Crippen molar-refractivity contribution >= 4 is 5.52 Å². The minimum absolute atomic E-state index is 0.149. The van der Waals surface area contributed by atoms with Gasteiger partial charge in [-0.1, -0.05) is 6.07 Å². The van der Waals surface area contributed by atoms with Gasteiger partial charge in [-0.3, -0.25) is 0 Å². The Morgan fingerprint density at radius 1 is 1.23 bits per heavy atom. The van der Waals surface area contributed by atoms with E-state index in [-0.39, 0.29) is 11.7 Å². The Balaban J connectivity index is 1.79. The number of aromatic nitrogens is 3. The molecule has 5 heteroatoms. The fraction of sp³-hybridized carbons (Fsp3) is 0.294. The van der Waals surface area contributed by atoms with E-state index in [1.807, 2.05) is 28.9 Å². The summed E-state index contributed by atoms with van der Waals surface area (Å²) in [6.07, 6.45) is 5.73. The molecule has 0 aromatic carbocycles. The van der Waals surface area contributed by atoms with Crippen LogP contribution in [0.5, 0.6) is 0 Å². The molecule has 3 aromatic heterocycles. The lowest BCUT2D eigenvalue weighted by Gasteiger charge is -2.22. The first-order chi connectivity index (χ1) is 10.8. The maximum absolute atomic E-state index is 14.2. The Bertz CT molecular complexity index is 805. The van der Waals surface area contributed by atoms with Crippen molar-refractivity contribution in [3.63, 3.8) is 0 Å². The summed E-state index contributed by atoms with van der Waals surface area (Å²) in [5.41, 5.74) is 3.27. The fourth-order valence-electron chi connectivity index (χ4n) is 3.11. The zero-order valence-electron chi connectivity index (χ0n) is 12.2. The topological polar surface area (TPSA) is 42.2 Å². The molecule has 1 atom stereocenters. The molecular weight excluding hydrogens is 279 g/mol. The Morgan fingerprint density at radius 2 is 2.18 bits per heavy atom.